The molecule has 0 amide bonds. The van der Waals surface area contributed by atoms with Crippen LogP contribution in [0.2, 0.25) is 0 Å². The van der Waals surface area contributed by atoms with Gasteiger partial charge < -0.3 is 5.73 Å². The number of hydrogen-bond acceptors (Lipinski definition) is 3. The van der Waals surface area contributed by atoms with E-state index in [0.717, 1.165) is 25.2 Å². The van der Waals surface area contributed by atoms with Gasteiger partial charge in [0.05, 0.1) is 0 Å². The average Bonchev–Trinajstić information content (AvgIpc) is 2.13. The van der Waals surface area contributed by atoms with Gasteiger partial charge >= 0.3 is 0 Å². The normalized spacial score (nSPS) is 16.6. The minimum atomic E-state index is 0.703. The van der Waals surface area contributed by atoms with E-state index in [9.17, 15) is 0 Å². The maximum Gasteiger partial charge on any atom is 0.128 e. The van der Waals surface area contributed by atoms with Gasteiger partial charge in [-0.05, 0) is 31.9 Å². The summed E-state index contributed by atoms with van der Waals surface area (Å²) in [7, 11) is 0. The van der Waals surface area contributed by atoms with Gasteiger partial charge in [-0.1, -0.05) is 6.42 Å². The van der Waals surface area contributed by atoms with Crippen molar-refractivity contribution in [3.8, 4) is 0 Å². The Balaban J connectivity index is 2.02. The molecular formula is C11H17N3. The molecule has 1 fully saturated rings. The van der Waals surface area contributed by atoms with E-state index in [1.165, 1.54) is 25.0 Å². The standard InChI is InChI=1S/C11H17N3/c12-7-2-5-11-13-8-6-10(14-11)9-3-1-4-9/h6,8-9H,1-5,7,12H2. The first kappa shape index (κ1) is 9.59. The first-order valence-corrected chi connectivity index (χ1v) is 5.42. The minimum Gasteiger partial charge on any atom is -0.330 e. The van der Waals surface area contributed by atoms with E-state index in [1.54, 1.807) is 0 Å². The number of nitrogens with two attached hydrogens (primary N) is 1. The van der Waals surface area contributed by atoms with Crippen molar-refractivity contribution in [1.29, 1.82) is 0 Å². The second-order valence-corrected chi connectivity index (χ2v) is 3.92. The Bertz CT molecular complexity index is 294. The van der Waals surface area contributed by atoms with Crippen molar-refractivity contribution in [2.45, 2.75) is 38.0 Å². The summed E-state index contributed by atoms with van der Waals surface area (Å²) in [5, 5.41) is 0. The van der Waals surface area contributed by atoms with Crippen LogP contribution in [0.25, 0.3) is 0 Å². The Morgan fingerprint density at radius 1 is 1.43 bits per heavy atom. The van der Waals surface area contributed by atoms with Crippen LogP contribution >= 0.6 is 0 Å². The molecular weight excluding hydrogens is 174 g/mol. The maximum absolute atomic E-state index is 5.46. The first-order valence-electron chi connectivity index (χ1n) is 5.42. The molecule has 3 nitrogen and oxygen atoms in total. The van der Waals surface area contributed by atoms with Crippen LogP contribution in [0, 0.1) is 0 Å². The summed E-state index contributed by atoms with van der Waals surface area (Å²) in [6.45, 7) is 0.719. The Labute approximate surface area is 84.8 Å². The van der Waals surface area contributed by atoms with E-state index in [2.05, 4.69) is 16.0 Å². The molecule has 1 aromatic heterocycles. The van der Waals surface area contributed by atoms with Crippen molar-refractivity contribution in [2.75, 3.05) is 6.54 Å². The molecule has 2 N–H and O–H groups in total. The van der Waals surface area contributed by atoms with Crippen LogP contribution in [-0.2, 0) is 6.42 Å². The lowest BCUT2D eigenvalue weighted by atomic mass is 9.83. The summed E-state index contributed by atoms with van der Waals surface area (Å²) in [5.41, 5.74) is 6.69. The Morgan fingerprint density at radius 3 is 2.93 bits per heavy atom. The highest BCUT2D eigenvalue weighted by Gasteiger charge is 2.20. The lowest BCUT2D eigenvalue weighted by Gasteiger charge is -2.24. The molecule has 1 heterocycles. The van der Waals surface area contributed by atoms with Gasteiger partial charge in [0.1, 0.15) is 5.82 Å². The van der Waals surface area contributed by atoms with Gasteiger partial charge in [0, 0.05) is 24.2 Å². The van der Waals surface area contributed by atoms with Gasteiger partial charge in [0.15, 0.2) is 0 Å². The van der Waals surface area contributed by atoms with Gasteiger partial charge in [-0.15, -0.1) is 0 Å². The Hall–Kier alpha value is -0.960. The van der Waals surface area contributed by atoms with Crippen molar-refractivity contribution >= 4 is 0 Å². The number of hydrogen-bond donors (Lipinski definition) is 1. The van der Waals surface area contributed by atoms with Crippen molar-refractivity contribution in [2.24, 2.45) is 5.73 Å². The van der Waals surface area contributed by atoms with Gasteiger partial charge in [-0.25, -0.2) is 9.97 Å². The number of rotatable bonds is 4. The molecule has 76 valence electrons. The fourth-order valence-electron chi connectivity index (χ4n) is 1.73. The zero-order valence-electron chi connectivity index (χ0n) is 8.45. The molecule has 14 heavy (non-hydrogen) atoms. The zero-order chi connectivity index (χ0) is 9.80. The molecule has 1 aromatic rings. The summed E-state index contributed by atoms with van der Waals surface area (Å²) in [6, 6.07) is 2.05. The van der Waals surface area contributed by atoms with Gasteiger partial charge in [-0.2, -0.15) is 0 Å². The van der Waals surface area contributed by atoms with Crippen LogP contribution in [0.4, 0.5) is 0 Å². The number of aryl methyl sites for hydroxylation is 1. The molecule has 0 aliphatic heterocycles. The summed E-state index contributed by atoms with van der Waals surface area (Å²) < 4.78 is 0. The largest absolute Gasteiger partial charge is 0.330 e. The smallest absolute Gasteiger partial charge is 0.128 e. The SMILES string of the molecule is NCCCc1nccc(C2CCC2)n1. The average molecular weight is 191 g/mol. The molecule has 0 spiro atoms. The summed E-state index contributed by atoms with van der Waals surface area (Å²) in [4.78, 5) is 8.82. The van der Waals surface area contributed by atoms with Crippen molar-refractivity contribution in [1.82, 2.24) is 9.97 Å². The van der Waals surface area contributed by atoms with Crippen LogP contribution in [-0.4, -0.2) is 16.5 Å². The number of aromatic nitrogens is 2. The van der Waals surface area contributed by atoms with Crippen molar-refractivity contribution < 1.29 is 0 Å². The van der Waals surface area contributed by atoms with E-state index < -0.39 is 0 Å². The highest BCUT2D eigenvalue weighted by molar-refractivity contribution is 5.11. The summed E-state index contributed by atoms with van der Waals surface area (Å²) in [5.74, 6) is 1.66. The predicted octanol–water partition coefficient (Wildman–Crippen LogP) is 1.64. The highest BCUT2D eigenvalue weighted by atomic mass is 14.9. The van der Waals surface area contributed by atoms with Crippen molar-refractivity contribution in [3.63, 3.8) is 0 Å². The second-order valence-electron chi connectivity index (χ2n) is 3.92. The highest BCUT2D eigenvalue weighted by Crippen LogP contribution is 2.34. The molecule has 1 aliphatic rings. The lowest BCUT2D eigenvalue weighted by molar-refractivity contribution is 0.409. The van der Waals surface area contributed by atoms with E-state index in [1.807, 2.05) is 6.20 Å². The Morgan fingerprint density at radius 2 is 2.29 bits per heavy atom. The Kier molecular flexibility index (Phi) is 3.09. The molecule has 0 bridgehead atoms. The van der Waals surface area contributed by atoms with Crippen LogP contribution in [0.3, 0.4) is 0 Å². The third-order valence-corrected chi connectivity index (χ3v) is 2.85. The third kappa shape index (κ3) is 2.10. The van der Waals surface area contributed by atoms with Crippen LogP contribution in [0.5, 0.6) is 0 Å². The fraction of sp³-hybridized carbons (Fsp3) is 0.636. The molecule has 3 heteroatoms. The van der Waals surface area contributed by atoms with Crippen LogP contribution in [0.1, 0.15) is 43.1 Å². The minimum absolute atomic E-state index is 0.703. The van der Waals surface area contributed by atoms with Crippen LogP contribution in [0.15, 0.2) is 12.3 Å². The van der Waals surface area contributed by atoms with Gasteiger partial charge in [0.2, 0.25) is 0 Å². The van der Waals surface area contributed by atoms with E-state index in [-0.39, 0.29) is 0 Å². The topological polar surface area (TPSA) is 51.8 Å². The van der Waals surface area contributed by atoms with E-state index >= 15 is 0 Å². The molecule has 0 radical (unpaired) electrons. The molecule has 0 atom stereocenters. The molecule has 1 aliphatic carbocycles. The molecule has 1 saturated carbocycles. The molecule has 0 unspecified atom stereocenters. The number of nitrogens with zero attached hydrogens (tertiary/aromatic N) is 2. The molecule has 0 aromatic carbocycles. The maximum atomic E-state index is 5.46. The quantitative estimate of drug-likeness (QED) is 0.787. The monoisotopic (exact) mass is 191 g/mol. The first-order chi connectivity index (χ1) is 6.90. The second kappa shape index (κ2) is 4.51. The summed E-state index contributed by atoms with van der Waals surface area (Å²) >= 11 is 0. The van der Waals surface area contributed by atoms with Crippen molar-refractivity contribution in [3.05, 3.63) is 23.8 Å². The van der Waals surface area contributed by atoms with Gasteiger partial charge in [0.25, 0.3) is 0 Å². The van der Waals surface area contributed by atoms with Gasteiger partial charge in [-0.3, -0.25) is 0 Å². The molecule has 2 rings (SSSR count). The fourth-order valence-corrected chi connectivity index (χ4v) is 1.73. The summed E-state index contributed by atoms with van der Waals surface area (Å²) in [6.07, 6.45) is 7.73. The van der Waals surface area contributed by atoms with E-state index in [0.29, 0.717) is 5.92 Å². The predicted molar refractivity (Wildman–Crippen MR) is 56.0 cm³/mol. The lowest BCUT2D eigenvalue weighted by Crippen LogP contribution is -2.12. The van der Waals surface area contributed by atoms with Crippen LogP contribution < -0.4 is 5.73 Å². The zero-order valence-corrected chi connectivity index (χ0v) is 8.45. The third-order valence-electron chi connectivity index (χ3n) is 2.85. The molecule has 0 saturated heterocycles. The van der Waals surface area contributed by atoms with E-state index in [4.69, 9.17) is 5.73 Å².